The average Bonchev–Trinajstić information content (AvgIpc) is 2.95. The molecule has 1 amide bonds. The van der Waals surface area contributed by atoms with E-state index in [4.69, 9.17) is 0 Å². The summed E-state index contributed by atoms with van der Waals surface area (Å²) in [4.78, 5) is 18.1. The van der Waals surface area contributed by atoms with Crippen LogP contribution in [-0.2, 0) is 16.0 Å². The number of amides is 1. The van der Waals surface area contributed by atoms with Crippen molar-refractivity contribution in [3.8, 4) is 0 Å². The summed E-state index contributed by atoms with van der Waals surface area (Å²) in [6.07, 6.45) is -1.75. The minimum atomic E-state index is -4.40. The van der Waals surface area contributed by atoms with Crippen LogP contribution in [0.25, 0.3) is 0 Å². The number of hydrogen-bond acceptors (Lipinski definition) is 4. The lowest BCUT2D eigenvalue weighted by Gasteiger charge is -2.31. The van der Waals surface area contributed by atoms with Gasteiger partial charge in [0.05, 0.1) is 10.7 Å². The van der Waals surface area contributed by atoms with E-state index in [0.717, 1.165) is 30.0 Å². The van der Waals surface area contributed by atoms with Crippen LogP contribution in [0.1, 0.15) is 36.4 Å². The third-order valence-electron chi connectivity index (χ3n) is 3.55. The number of aromatic nitrogens is 1. The smallest absolute Gasteiger partial charge is 0.362 e. The van der Waals surface area contributed by atoms with Crippen LogP contribution in [0.15, 0.2) is 5.38 Å². The molecule has 8 heteroatoms. The third-order valence-corrected chi connectivity index (χ3v) is 4.60. The van der Waals surface area contributed by atoms with E-state index in [-0.39, 0.29) is 11.8 Å². The Morgan fingerprint density at radius 2 is 2.32 bits per heavy atom. The number of carbonyl (C=O) groups is 1. The van der Waals surface area contributed by atoms with Crippen molar-refractivity contribution in [1.29, 1.82) is 0 Å². The topological polar surface area (TPSA) is 42.4 Å². The van der Waals surface area contributed by atoms with E-state index in [1.807, 2.05) is 12.3 Å². The van der Waals surface area contributed by atoms with Gasteiger partial charge in [-0.1, -0.05) is 6.92 Å². The molecule has 2 heterocycles. The first-order valence-electron chi connectivity index (χ1n) is 7.25. The molecule has 1 aliphatic heterocycles. The van der Waals surface area contributed by atoms with Gasteiger partial charge in [0.2, 0.25) is 5.91 Å². The van der Waals surface area contributed by atoms with Gasteiger partial charge < -0.3 is 9.64 Å². The highest BCUT2D eigenvalue weighted by atomic mass is 32.1. The Morgan fingerprint density at radius 3 is 2.95 bits per heavy atom. The van der Waals surface area contributed by atoms with Crippen LogP contribution in [0.4, 0.5) is 13.2 Å². The van der Waals surface area contributed by atoms with Crippen LogP contribution in [0, 0.1) is 0 Å². The first-order chi connectivity index (χ1) is 10.4. The van der Waals surface area contributed by atoms with Gasteiger partial charge in [0.15, 0.2) is 0 Å². The fourth-order valence-corrected chi connectivity index (χ4v) is 3.45. The van der Waals surface area contributed by atoms with E-state index >= 15 is 0 Å². The third kappa shape index (κ3) is 4.95. The van der Waals surface area contributed by atoms with Crippen LogP contribution in [-0.4, -0.2) is 48.3 Å². The second kappa shape index (κ2) is 7.41. The molecule has 1 saturated heterocycles. The molecule has 1 atom stereocenters. The van der Waals surface area contributed by atoms with E-state index < -0.39 is 19.4 Å². The second-order valence-corrected chi connectivity index (χ2v) is 6.21. The summed E-state index contributed by atoms with van der Waals surface area (Å²) in [6.45, 7) is 1.20. The Hall–Kier alpha value is -1.15. The Kier molecular flexibility index (Phi) is 5.80. The van der Waals surface area contributed by atoms with Gasteiger partial charge in [-0.05, 0) is 19.3 Å². The first-order valence-corrected chi connectivity index (χ1v) is 8.13. The molecule has 4 nitrogen and oxygen atoms in total. The van der Waals surface area contributed by atoms with Gasteiger partial charge in [0, 0.05) is 24.4 Å². The van der Waals surface area contributed by atoms with Gasteiger partial charge >= 0.3 is 6.18 Å². The summed E-state index contributed by atoms with van der Waals surface area (Å²) < 4.78 is 40.5. The molecule has 1 aromatic heterocycles. The SMILES string of the molecule is CCc1csc([C@@H]2CCCN(C(=O)COCC(F)(F)F)C2)n1. The maximum atomic E-state index is 12.0. The number of alkyl halides is 3. The number of ether oxygens (including phenoxy) is 1. The molecule has 0 radical (unpaired) electrons. The highest BCUT2D eigenvalue weighted by molar-refractivity contribution is 7.09. The number of carbonyl (C=O) groups excluding carboxylic acids is 1. The molecule has 1 aromatic rings. The van der Waals surface area contributed by atoms with Crippen LogP contribution < -0.4 is 0 Å². The number of aryl methyl sites for hydroxylation is 1. The quantitative estimate of drug-likeness (QED) is 0.830. The van der Waals surface area contributed by atoms with Crippen LogP contribution >= 0.6 is 11.3 Å². The lowest BCUT2D eigenvalue weighted by molar-refractivity contribution is -0.178. The fourth-order valence-electron chi connectivity index (χ4n) is 2.42. The van der Waals surface area contributed by atoms with Crippen molar-refractivity contribution in [1.82, 2.24) is 9.88 Å². The summed E-state index contributed by atoms with van der Waals surface area (Å²) in [5, 5.41) is 3.02. The molecule has 22 heavy (non-hydrogen) atoms. The summed E-state index contributed by atoms with van der Waals surface area (Å²) >= 11 is 1.59. The lowest BCUT2D eigenvalue weighted by Crippen LogP contribution is -2.41. The number of nitrogens with zero attached hydrogens (tertiary/aromatic N) is 2. The number of piperidine rings is 1. The molecule has 0 N–H and O–H groups in total. The van der Waals surface area contributed by atoms with Crippen molar-refractivity contribution in [2.75, 3.05) is 26.3 Å². The predicted octanol–water partition coefficient (Wildman–Crippen LogP) is 2.99. The Morgan fingerprint density at radius 1 is 1.55 bits per heavy atom. The molecule has 2 rings (SSSR count). The maximum Gasteiger partial charge on any atom is 0.411 e. The number of likely N-dealkylation sites (tertiary alicyclic amines) is 1. The molecule has 0 aliphatic carbocycles. The maximum absolute atomic E-state index is 12.0. The lowest BCUT2D eigenvalue weighted by atomic mass is 9.98. The molecular weight excluding hydrogens is 317 g/mol. The van der Waals surface area contributed by atoms with E-state index in [2.05, 4.69) is 9.72 Å². The Balaban J connectivity index is 1.85. The number of thiazole rings is 1. The van der Waals surface area contributed by atoms with E-state index in [1.165, 1.54) is 0 Å². The molecule has 0 unspecified atom stereocenters. The van der Waals surface area contributed by atoms with Crippen molar-refractivity contribution in [2.24, 2.45) is 0 Å². The van der Waals surface area contributed by atoms with Crippen molar-refractivity contribution in [3.05, 3.63) is 16.1 Å². The van der Waals surface area contributed by atoms with Gasteiger partial charge in [-0.3, -0.25) is 4.79 Å². The van der Waals surface area contributed by atoms with Crippen LogP contribution in [0.5, 0.6) is 0 Å². The number of halogens is 3. The first kappa shape index (κ1) is 17.2. The minimum Gasteiger partial charge on any atom is -0.362 e. The molecule has 124 valence electrons. The Bertz CT molecular complexity index is 505. The zero-order valence-corrected chi connectivity index (χ0v) is 13.2. The van der Waals surface area contributed by atoms with Gasteiger partial charge in [0.1, 0.15) is 13.2 Å². The van der Waals surface area contributed by atoms with Crippen molar-refractivity contribution >= 4 is 17.2 Å². The number of hydrogen-bond donors (Lipinski definition) is 0. The molecule has 0 bridgehead atoms. The molecule has 1 aliphatic rings. The Labute approximate surface area is 131 Å². The fraction of sp³-hybridized carbons (Fsp3) is 0.714. The monoisotopic (exact) mass is 336 g/mol. The van der Waals surface area contributed by atoms with E-state index in [1.54, 1.807) is 16.2 Å². The van der Waals surface area contributed by atoms with Gasteiger partial charge in [-0.15, -0.1) is 11.3 Å². The van der Waals surface area contributed by atoms with Gasteiger partial charge in [0.25, 0.3) is 0 Å². The normalized spacial score (nSPS) is 19.5. The van der Waals surface area contributed by atoms with Crippen LogP contribution in [0.2, 0.25) is 0 Å². The van der Waals surface area contributed by atoms with Gasteiger partial charge in [-0.25, -0.2) is 4.98 Å². The zero-order chi connectivity index (χ0) is 16.2. The van der Waals surface area contributed by atoms with Crippen molar-refractivity contribution < 1.29 is 22.7 Å². The number of rotatable bonds is 5. The van der Waals surface area contributed by atoms with Crippen molar-refractivity contribution in [3.63, 3.8) is 0 Å². The standard InChI is InChI=1S/C14H19F3N2O2S/c1-2-11-8-22-13(18-11)10-4-3-5-19(6-10)12(20)7-21-9-14(15,16)17/h8,10H,2-7,9H2,1H3/t10-/m1/s1. The molecule has 0 saturated carbocycles. The minimum absolute atomic E-state index is 0.172. The summed E-state index contributed by atoms with van der Waals surface area (Å²) in [5.41, 5.74) is 1.04. The van der Waals surface area contributed by atoms with Gasteiger partial charge in [-0.2, -0.15) is 13.2 Å². The average molecular weight is 336 g/mol. The summed E-state index contributed by atoms with van der Waals surface area (Å²) in [7, 11) is 0. The molecule has 0 aromatic carbocycles. The van der Waals surface area contributed by atoms with E-state index in [9.17, 15) is 18.0 Å². The molecule has 1 fully saturated rings. The molecule has 0 spiro atoms. The van der Waals surface area contributed by atoms with Crippen molar-refractivity contribution in [2.45, 2.75) is 38.3 Å². The van der Waals surface area contributed by atoms with E-state index in [0.29, 0.717) is 13.1 Å². The second-order valence-electron chi connectivity index (χ2n) is 5.32. The highest BCUT2D eigenvalue weighted by Crippen LogP contribution is 2.29. The highest BCUT2D eigenvalue weighted by Gasteiger charge is 2.30. The zero-order valence-electron chi connectivity index (χ0n) is 12.4. The van der Waals surface area contributed by atoms with Crippen LogP contribution in [0.3, 0.4) is 0 Å². The summed E-state index contributed by atoms with van der Waals surface area (Å²) in [6, 6.07) is 0. The molecular formula is C14H19F3N2O2S. The summed E-state index contributed by atoms with van der Waals surface area (Å²) in [5.74, 6) is -0.216. The predicted molar refractivity (Wildman–Crippen MR) is 76.9 cm³/mol. The largest absolute Gasteiger partial charge is 0.411 e.